The van der Waals surface area contributed by atoms with Crippen LogP contribution in [0.4, 0.5) is 4.39 Å². The molecule has 1 saturated carbocycles. The standard InChI is InChI=1S/C16H21BFNO4/c1-10(2)19-14(20)8-21-13-6-5-11(7-12(13)18)17-22-15(3)9-16(15,4)23-17/h5-7,10H,8-9H2,1-4H3,(H,19,20). The zero-order valence-corrected chi connectivity index (χ0v) is 13.8. The van der Waals surface area contributed by atoms with Gasteiger partial charge in [-0.25, -0.2) is 4.39 Å². The molecule has 23 heavy (non-hydrogen) atoms. The van der Waals surface area contributed by atoms with Crippen LogP contribution < -0.4 is 15.5 Å². The number of hydrogen-bond donors (Lipinski definition) is 1. The second kappa shape index (κ2) is 5.49. The Kier molecular flexibility index (Phi) is 3.88. The van der Waals surface area contributed by atoms with Crippen molar-refractivity contribution >= 4 is 18.5 Å². The third-order valence-corrected chi connectivity index (χ3v) is 4.44. The van der Waals surface area contributed by atoms with Gasteiger partial charge in [-0.15, -0.1) is 0 Å². The largest absolute Gasteiger partial charge is 0.494 e. The molecule has 1 N–H and O–H groups in total. The number of amides is 1. The molecule has 1 aromatic carbocycles. The molecule has 0 spiro atoms. The number of hydrogen-bond acceptors (Lipinski definition) is 4. The number of fused-ring (bicyclic) bond motifs is 1. The van der Waals surface area contributed by atoms with Crippen LogP contribution in [0, 0.1) is 5.82 Å². The number of rotatable bonds is 5. The van der Waals surface area contributed by atoms with Gasteiger partial charge in [0.2, 0.25) is 0 Å². The average molecular weight is 321 g/mol. The van der Waals surface area contributed by atoms with Crippen LogP contribution >= 0.6 is 0 Å². The Morgan fingerprint density at radius 1 is 1.39 bits per heavy atom. The zero-order chi connectivity index (χ0) is 16.8. The normalized spacial score (nSPS) is 28.7. The molecule has 0 aromatic heterocycles. The smallest absolute Gasteiger partial charge is 0.481 e. The highest BCUT2D eigenvalue weighted by Gasteiger charge is 2.71. The maximum Gasteiger partial charge on any atom is 0.494 e. The Morgan fingerprint density at radius 3 is 2.61 bits per heavy atom. The summed E-state index contributed by atoms with van der Waals surface area (Å²) in [5.74, 6) is -0.789. The van der Waals surface area contributed by atoms with E-state index in [2.05, 4.69) is 5.32 Å². The molecule has 7 heteroatoms. The van der Waals surface area contributed by atoms with Crippen LogP contribution in [0.2, 0.25) is 0 Å². The van der Waals surface area contributed by atoms with Gasteiger partial charge in [0.15, 0.2) is 18.2 Å². The SMILES string of the molecule is CC(C)NC(=O)COc1ccc(B2OC3(C)CC3(C)O2)cc1F. The Labute approximate surface area is 135 Å². The fourth-order valence-corrected chi connectivity index (χ4v) is 2.85. The first-order valence-corrected chi connectivity index (χ1v) is 7.80. The van der Waals surface area contributed by atoms with Gasteiger partial charge in [-0.3, -0.25) is 4.79 Å². The molecular weight excluding hydrogens is 300 g/mol. The van der Waals surface area contributed by atoms with E-state index in [1.165, 1.54) is 12.1 Å². The van der Waals surface area contributed by atoms with E-state index in [1.807, 2.05) is 27.7 Å². The maximum atomic E-state index is 14.1. The molecule has 2 aliphatic rings. The quantitative estimate of drug-likeness (QED) is 0.833. The van der Waals surface area contributed by atoms with Gasteiger partial charge in [-0.05, 0) is 45.3 Å². The van der Waals surface area contributed by atoms with Crippen molar-refractivity contribution in [2.24, 2.45) is 0 Å². The summed E-state index contributed by atoms with van der Waals surface area (Å²) in [5.41, 5.74) is 0.0485. The molecule has 3 rings (SSSR count). The molecule has 0 radical (unpaired) electrons. The second-order valence-corrected chi connectivity index (χ2v) is 6.91. The molecule has 5 nitrogen and oxygen atoms in total. The molecule has 2 unspecified atom stereocenters. The van der Waals surface area contributed by atoms with Crippen LogP contribution in [-0.4, -0.2) is 36.9 Å². The summed E-state index contributed by atoms with van der Waals surface area (Å²) in [5, 5.41) is 2.68. The van der Waals surface area contributed by atoms with E-state index in [1.54, 1.807) is 6.07 Å². The summed E-state index contributed by atoms with van der Waals surface area (Å²) in [6.07, 6.45) is 0.852. The van der Waals surface area contributed by atoms with Crippen molar-refractivity contribution in [2.75, 3.05) is 6.61 Å². The first-order chi connectivity index (χ1) is 10.7. The number of benzene rings is 1. The van der Waals surface area contributed by atoms with Crippen molar-refractivity contribution in [2.45, 2.75) is 51.4 Å². The van der Waals surface area contributed by atoms with Crippen molar-refractivity contribution < 1.29 is 23.2 Å². The highest BCUT2D eigenvalue weighted by molar-refractivity contribution is 6.62. The van der Waals surface area contributed by atoms with Gasteiger partial charge < -0.3 is 19.4 Å². The van der Waals surface area contributed by atoms with E-state index < -0.39 is 12.9 Å². The number of nitrogens with one attached hydrogen (secondary N) is 1. The first kappa shape index (κ1) is 16.3. The fraction of sp³-hybridized carbons (Fsp3) is 0.562. The lowest BCUT2D eigenvalue weighted by Gasteiger charge is -2.13. The Balaban J connectivity index is 1.62. The number of halogens is 1. The van der Waals surface area contributed by atoms with Crippen molar-refractivity contribution in [1.82, 2.24) is 5.32 Å². The molecule has 2 atom stereocenters. The summed E-state index contributed by atoms with van der Waals surface area (Å²) >= 11 is 0. The topological polar surface area (TPSA) is 56.8 Å². The molecule has 1 saturated heterocycles. The molecule has 1 aliphatic carbocycles. The number of ether oxygens (including phenoxy) is 1. The summed E-state index contributed by atoms with van der Waals surface area (Å²) in [6.45, 7) is 7.46. The summed E-state index contributed by atoms with van der Waals surface area (Å²) in [4.78, 5) is 11.5. The van der Waals surface area contributed by atoms with Crippen LogP contribution in [-0.2, 0) is 14.1 Å². The summed E-state index contributed by atoms with van der Waals surface area (Å²) < 4.78 is 31.1. The van der Waals surface area contributed by atoms with Gasteiger partial charge in [0.25, 0.3) is 5.91 Å². The molecule has 1 aliphatic heterocycles. The Morgan fingerprint density at radius 2 is 2.04 bits per heavy atom. The van der Waals surface area contributed by atoms with Crippen molar-refractivity contribution in [1.29, 1.82) is 0 Å². The fourth-order valence-electron chi connectivity index (χ4n) is 2.85. The third kappa shape index (κ3) is 3.08. The second-order valence-electron chi connectivity index (χ2n) is 6.91. The van der Waals surface area contributed by atoms with Crippen molar-refractivity contribution in [3.63, 3.8) is 0 Å². The van der Waals surface area contributed by atoms with E-state index >= 15 is 0 Å². The predicted octanol–water partition coefficient (Wildman–Crippen LogP) is 1.39. The van der Waals surface area contributed by atoms with Crippen molar-refractivity contribution in [3.05, 3.63) is 24.0 Å². The van der Waals surface area contributed by atoms with Crippen LogP contribution in [0.15, 0.2) is 18.2 Å². The van der Waals surface area contributed by atoms with E-state index in [9.17, 15) is 9.18 Å². The van der Waals surface area contributed by atoms with E-state index in [-0.39, 0.29) is 35.5 Å². The Bertz CT molecular complexity index is 625. The summed E-state index contributed by atoms with van der Waals surface area (Å²) in [7, 11) is -0.563. The van der Waals surface area contributed by atoms with Gasteiger partial charge in [0.1, 0.15) is 0 Å². The maximum absolute atomic E-state index is 14.1. The predicted molar refractivity (Wildman–Crippen MR) is 84.2 cm³/mol. The monoisotopic (exact) mass is 321 g/mol. The average Bonchev–Trinajstić information content (AvgIpc) is 2.85. The van der Waals surface area contributed by atoms with Crippen LogP contribution in [0.3, 0.4) is 0 Å². The van der Waals surface area contributed by atoms with Crippen molar-refractivity contribution in [3.8, 4) is 5.75 Å². The molecule has 1 aromatic rings. The van der Waals surface area contributed by atoms with Crippen LogP contribution in [0.5, 0.6) is 5.75 Å². The van der Waals surface area contributed by atoms with E-state index in [4.69, 9.17) is 14.0 Å². The van der Waals surface area contributed by atoms with Gasteiger partial charge in [-0.2, -0.15) is 0 Å². The molecule has 0 bridgehead atoms. The minimum Gasteiger partial charge on any atom is -0.481 e. The minimum absolute atomic E-state index is 0.0177. The van der Waals surface area contributed by atoms with Crippen LogP contribution in [0.25, 0.3) is 0 Å². The van der Waals surface area contributed by atoms with Crippen LogP contribution in [0.1, 0.15) is 34.1 Å². The number of carbonyl (C=O) groups is 1. The molecule has 1 amide bonds. The molecule has 2 fully saturated rings. The third-order valence-electron chi connectivity index (χ3n) is 4.44. The lowest BCUT2D eigenvalue weighted by Crippen LogP contribution is -2.36. The zero-order valence-electron chi connectivity index (χ0n) is 13.8. The van der Waals surface area contributed by atoms with E-state index in [0.717, 1.165) is 6.42 Å². The Hall–Kier alpha value is -1.60. The molecule has 1 heterocycles. The van der Waals surface area contributed by atoms with Gasteiger partial charge >= 0.3 is 7.12 Å². The highest BCUT2D eigenvalue weighted by Crippen LogP contribution is 2.58. The summed E-state index contributed by atoms with van der Waals surface area (Å²) in [6, 6.07) is 4.54. The number of carbonyl (C=O) groups excluding carboxylic acids is 1. The first-order valence-electron chi connectivity index (χ1n) is 7.80. The minimum atomic E-state index is -0.563. The van der Waals surface area contributed by atoms with Gasteiger partial charge in [0.05, 0.1) is 11.2 Å². The highest BCUT2D eigenvalue weighted by atomic mass is 19.1. The van der Waals surface area contributed by atoms with Gasteiger partial charge in [-0.1, -0.05) is 6.07 Å². The molecular formula is C16H21BFNO4. The molecule has 124 valence electrons. The lowest BCUT2D eigenvalue weighted by atomic mass is 9.79. The van der Waals surface area contributed by atoms with Gasteiger partial charge in [0, 0.05) is 12.5 Å². The lowest BCUT2D eigenvalue weighted by molar-refractivity contribution is -0.123. The van der Waals surface area contributed by atoms with E-state index in [0.29, 0.717) is 5.46 Å².